The van der Waals surface area contributed by atoms with Crippen LogP contribution in [0.1, 0.15) is 0 Å². The van der Waals surface area contributed by atoms with Crippen LogP contribution < -0.4 is 15.8 Å². The quantitative estimate of drug-likeness (QED) is 0.539. The fourth-order valence-corrected chi connectivity index (χ4v) is 2.58. The van der Waals surface area contributed by atoms with E-state index in [1.54, 1.807) is 12.1 Å². The first kappa shape index (κ1) is 17.5. The topological polar surface area (TPSA) is 117 Å². The van der Waals surface area contributed by atoms with Crippen molar-refractivity contribution < 1.29 is 18.9 Å². The normalized spacial score (nSPS) is 10.7. The second-order valence-electron chi connectivity index (χ2n) is 5.25. The van der Waals surface area contributed by atoms with Gasteiger partial charge in [-0.15, -0.1) is 0 Å². The first-order valence-electron chi connectivity index (χ1n) is 7.30. The number of ether oxygens (including phenoxy) is 1. The van der Waals surface area contributed by atoms with Gasteiger partial charge in [-0.3, -0.25) is 19.5 Å². The zero-order valence-electron chi connectivity index (χ0n) is 13.4. The van der Waals surface area contributed by atoms with Gasteiger partial charge in [0, 0.05) is 11.1 Å². The molecule has 26 heavy (non-hydrogen) atoms. The molecule has 0 aliphatic carbocycles. The lowest BCUT2D eigenvalue weighted by Crippen LogP contribution is -2.25. The number of hydrogen-bond acceptors (Lipinski definition) is 6. The van der Waals surface area contributed by atoms with Crippen molar-refractivity contribution in [1.29, 1.82) is 0 Å². The first-order valence-corrected chi connectivity index (χ1v) is 7.68. The Hall–Kier alpha value is -3.33. The number of methoxy groups -OCH3 is 1. The zero-order valence-corrected chi connectivity index (χ0v) is 14.1. The predicted molar refractivity (Wildman–Crippen MR) is 93.8 cm³/mol. The Morgan fingerprint density at radius 2 is 2.12 bits per heavy atom. The molecule has 0 bridgehead atoms. The number of benzene rings is 2. The van der Waals surface area contributed by atoms with Crippen molar-refractivity contribution in [3.63, 3.8) is 0 Å². The standard InChI is InChI=1S/C16H12ClN3O6/c1-25-10-3-4-11(13(7-10)20(23)24)18-15(21)8-19-12-5-2-9(17)6-14(12)26-16(19)22/h2-7H,8H2,1H3,(H,18,21). The van der Waals surface area contributed by atoms with E-state index in [1.165, 1.54) is 31.4 Å². The van der Waals surface area contributed by atoms with E-state index >= 15 is 0 Å². The third kappa shape index (κ3) is 3.38. The zero-order chi connectivity index (χ0) is 18.8. The Bertz CT molecular complexity index is 1070. The average Bonchev–Trinajstić information content (AvgIpc) is 2.89. The summed E-state index contributed by atoms with van der Waals surface area (Å²) < 4.78 is 11.1. The number of carbonyl (C=O) groups excluding carboxylic acids is 1. The van der Waals surface area contributed by atoms with Gasteiger partial charge in [-0.05, 0) is 24.3 Å². The molecular formula is C16H12ClN3O6. The molecule has 0 spiro atoms. The highest BCUT2D eigenvalue weighted by Gasteiger charge is 2.19. The fourth-order valence-electron chi connectivity index (χ4n) is 2.42. The molecule has 1 heterocycles. The van der Waals surface area contributed by atoms with Crippen molar-refractivity contribution in [2.75, 3.05) is 12.4 Å². The maximum absolute atomic E-state index is 12.3. The number of hydrogen-bond donors (Lipinski definition) is 1. The molecule has 0 saturated heterocycles. The van der Waals surface area contributed by atoms with Gasteiger partial charge in [-0.25, -0.2) is 4.79 Å². The number of rotatable bonds is 5. The number of nitrogens with one attached hydrogen (secondary N) is 1. The molecule has 3 aromatic rings. The maximum Gasteiger partial charge on any atom is 0.420 e. The van der Waals surface area contributed by atoms with Gasteiger partial charge in [-0.1, -0.05) is 11.6 Å². The first-order chi connectivity index (χ1) is 12.4. The highest BCUT2D eigenvalue weighted by atomic mass is 35.5. The third-order valence-corrected chi connectivity index (χ3v) is 3.84. The minimum Gasteiger partial charge on any atom is -0.496 e. The van der Waals surface area contributed by atoms with Gasteiger partial charge in [0.05, 0.1) is 23.6 Å². The lowest BCUT2D eigenvalue weighted by Gasteiger charge is -2.08. The van der Waals surface area contributed by atoms with Crippen LogP contribution in [0, 0.1) is 10.1 Å². The van der Waals surface area contributed by atoms with Crippen molar-refractivity contribution in [3.05, 3.63) is 62.1 Å². The average molecular weight is 378 g/mol. The van der Waals surface area contributed by atoms with Crippen LogP contribution in [-0.2, 0) is 11.3 Å². The number of carbonyl (C=O) groups is 1. The van der Waals surface area contributed by atoms with Crippen LogP contribution in [0.3, 0.4) is 0 Å². The molecule has 3 rings (SSSR count). The van der Waals surface area contributed by atoms with E-state index in [9.17, 15) is 19.7 Å². The Balaban J connectivity index is 1.87. The lowest BCUT2D eigenvalue weighted by atomic mass is 10.2. The lowest BCUT2D eigenvalue weighted by molar-refractivity contribution is -0.384. The van der Waals surface area contributed by atoms with Crippen LogP contribution in [0.4, 0.5) is 11.4 Å². The number of halogens is 1. The number of amides is 1. The van der Waals surface area contributed by atoms with Gasteiger partial charge in [-0.2, -0.15) is 0 Å². The van der Waals surface area contributed by atoms with Crippen molar-refractivity contribution in [3.8, 4) is 5.75 Å². The van der Waals surface area contributed by atoms with Gasteiger partial charge in [0.1, 0.15) is 18.0 Å². The summed E-state index contributed by atoms with van der Waals surface area (Å²) in [6.07, 6.45) is 0. The summed E-state index contributed by atoms with van der Waals surface area (Å²) in [4.78, 5) is 34.8. The number of nitro benzene ring substituents is 1. The summed E-state index contributed by atoms with van der Waals surface area (Å²) in [5, 5.41) is 14.0. The number of nitro groups is 1. The summed E-state index contributed by atoms with van der Waals surface area (Å²) >= 11 is 5.84. The van der Waals surface area contributed by atoms with E-state index in [-0.39, 0.29) is 29.3 Å². The SMILES string of the molecule is COc1ccc(NC(=O)Cn2c(=O)oc3cc(Cl)ccc32)c([N+](=O)[O-])c1. The van der Waals surface area contributed by atoms with E-state index in [2.05, 4.69) is 5.32 Å². The Morgan fingerprint density at radius 3 is 2.81 bits per heavy atom. The van der Waals surface area contributed by atoms with Gasteiger partial charge >= 0.3 is 5.76 Å². The van der Waals surface area contributed by atoms with Crippen LogP contribution in [0.2, 0.25) is 5.02 Å². The Morgan fingerprint density at radius 1 is 1.35 bits per heavy atom. The molecular weight excluding hydrogens is 366 g/mol. The minimum absolute atomic E-state index is 0.00954. The van der Waals surface area contributed by atoms with Crippen molar-refractivity contribution in [1.82, 2.24) is 4.57 Å². The summed E-state index contributed by atoms with van der Waals surface area (Å²) in [5.41, 5.74) is 0.295. The number of aromatic nitrogens is 1. The number of oxazole rings is 1. The molecule has 1 aromatic heterocycles. The molecule has 0 unspecified atom stereocenters. The molecule has 1 N–H and O–H groups in total. The van der Waals surface area contributed by atoms with Crippen LogP contribution in [-0.4, -0.2) is 22.5 Å². The fraction of sp³-hybridized carbons (Fsp3) is 0.125. The molecule has 0 aliphatic heterocycles. The highest BCUT2D eigenvalue weighted by Crippen LogP contribution is 2.29. The predicted octanol–water partition coefficient (Wildman–Crippen LogP) is 2.80. The second kappa shape index (κ2) is 6.89. The number of fused-ring (bicyclic) bond motifs is 1. The van der Waals surface area contributed by atoms with E-state index in [0.29, 0.717) is 10.5 Å². The van der Waals surface area contributed by atoms with Gasteiger partial charge in [0.2, 0.25) is 5.91 Å². The highest BCUT2D eigenvalue weighted by molar-refractivity contribution is 6.31. The molecule has 0 radical (unpaired) electrons. The van der Waals surface area contributed by atoms with E-state index in [0.717, 1.165) is 4.57 Å². The Kier molecular flexibility index (Phi) is 4.63. The molecule has 9 nitrogen and oxygen atoms in total. The molecule has 10 heteroatoms. The van der Waals surface area contributed by atoms with E-state index in [1.807, 2.05) is 0 Å². The van der Waals surface area contributed by atoms with E-state index in [4.69, 9.17) is 20.8 Å². The smallest absolute Gasteiger partial charge is 0.420 e. The summed E-state index contributed by atoms with van der Waals surface area (Å²) in [6, 6.07) is 8.58. The third-order valence-electron chi connectivity index (χ3n) is 3.61. The molecule has 0 atom stereocenters. The minimum atomic E-state index is -0.735. The summed E-state index contributed by atoms with van der Waals surface area (Å²) in [7, 11) is 1.38. The van der Waals surface area contributed by atoms with Crippen molar-refractivity contribution >= 4 is 40.0 Å². The Labute approximate surface area is 150 Å². The van der Waals surface area contributed by atoms with Crippen LogP contribution in [0.25, 0.3) is 11.1 Å². The van der Waals surface area contributed by atoms with Gasteiger partial charge < -0.3 is 14.5 Å². The molecule has 134 valence electrons. The van der Waals surface area contributed by atoms with Gasteiger partial charge in [0.25, 0.3) is 5.69 Å². The monoisotopic (exact) mass is 377 g/mol. The molecule has 2 aromatic carbocycles. The second-order valence-corrected chi connectivity index (χ2v) is 5.69. The van der Waals surface area contributed by atoms with Crippen LogP contribution in [0.5, 0.6) is 5.75 Å². The molecule has 0 aliphatic rings. The maximum atomic E-state index is 12.3. The number of nitrogens with zero attached hydrogens (tertiary/aromatic N) is 2. The van der Waals surface area contributed by atoms with Crippen LogP contribution >= 0.6 is 11.6 Å². The molecule has 0 saturated carbocycles. The summed E-state index contributed by atoms with van der Waals surface area (Å²) in [6.45, 7) is -0.378. The largest absolute Gasteiger partial charge is 0.496 e. The van der Waals surface area contributed by atoms with Crippen molar-refractivity contribution in [2.24, 2.45) is 0 Å². The summed E-state index contributed by atoms with van der Waals surface area (Å²) in [5.74, 6) is -1.08. The molecule has 1 amide bonds. The van der Waals surface area contributed by atoms with Crippen molar-refractivity contribution in [2.45, 2.75) is 6.54 Å². The van der Waals surface area contributed by atoms with E-state index < -0.39 is 16.6 Å². The molecule has 0 fully saturated rings. The van der Waals surface area contributed by atoms with Crippen LogP contribution in [0.15, 0.2) is 45.6 Å². The number of anilines is 1. The van der Waals surface area contributed by atoms with Gasteiger partial charge in [0.15, 0.2) is 5.58 Å².